The molecule has 20 heavy (non-hydrogen) atoms. The molecule has 0 aromatic carbocycles. The molecule has 1 unspecified atom stereocenters. The SMILES string of the molecule is Cc1cnccc1OC1CCN(c2ncc(Cl)cn2)C1. The second-order valence-corrected chi connectivity index (χ2v) is 5.25. The Morgan fingerprint density at radius 2 is 2.10 bits per heavy atom. The van der Waals surface area contributed by atoms with Crippen molar-refractivity contribution in [3.63, 3.8) is 0 Å². The molecule has 1 fully saturated rings. The third-order valence-electron chi connectivity index (χ3n) is 3.30. The summed E-state index contributed by atoms with van der Waals surface area (Å²) in [4.78, 5) is 14.6. The van der Waals surface area contributed by atoms with Crippen LogP contribution in [0.4, 0.5) is 5.95 Å². The number of ether oxygens (including phenoxy) is 1. The van der Waals surface area contributed by atoms with Crippen molar-refractivity contribution in [2.24, 2.45) is 0 Å². The second kappa shape index (κ2) is 5.63. The molecule has 0 spiro atoms. The average Bonchev–Trinajstić information content (AvgIpc) is 2.91. The Balaban J connectivity index is 1.65. The first-order chi connectivity index (χ1) is 9.72. The van der Waals surface area contributed by atoms with Crippen LogP contribution in [0.5, 0.6) is 5.75 Å². The summed E-state index contributed by atoms with van der Waals surface area (Å²) in [6.07, 6.45) is 7.89. The summed E-state index contributed by atoms with van der Waals surface area (Å²) in [7, 11) is 0. The summed E-state index contributed by atoms with van der Waals surface area (Å²) in [5.74, 6) is 1.59. The first-order valence-electron chi connectivity index (χ1n) is 6.52. The van der Waals surface area contributed by atoms with Crippen LogP contribution in [-0.4, -0.2) is 34.1 Å². The van der Waals surface area contributed by atoms with Crippen LogP contribution in [-0.2, 0) is 0 Å². The Kier molecular flexibility index (Phi) is 3.69. The molecule has 1 atom stereocenters. The maximum absolute atomic E-state index is 6.02. The van der Waals surface area contributed by atoms with E-state index in [-0.39, 0.29) is 6.10 Å². The van der Waals surface area contributed by atoms with E-state index in [1.54, 1.807) is 18.6 Å². The zero-order chi connectivity index (χ0) is 13.9. The minimum Gasteiger partial charge on any atom is -0.488 e. The maximum Gasteiger partial charge on any atom is 0.225 e. The van der Waals surface area contributed by atoms with Gasteiger partial charge in [0, 0.05) is 30.9 Å². The second-order valence-electron chi connectivity index (χ2n) is 4.82. The van der Waals surface area contributed by atoms with Crippen molar-refractivity contribution < 1.29 is 4.74 Å². The van der Waals surface area contributed by atoms with E-state index in [0.29, 0.717) is 11.0 Å². The number of nitrogens with zero attached hydrogens (tertiary/aromatic N) is 4. The molecule has 2 aromatic heterocycles. The van der Waals surface area contributed by atoms with Gasteiger partial charge in [-0.15, -0.1) is 0 Å². The van der Waals surface area contributed by atoms with E-state index in [9.17, 15) is 0 Å². The van der Waals surface area contributed by atoms with Crippen LogP contribution in [0.3, 0.4) is 0 Å². The van der Waals surface area contributed by atoms with Gasteiger partial charge in [0.05, 0.1) is 24.0 Å². The Morgan fingerprint density at radius 1 is 1.30 bits per heavy atom. The zero-order valence-electron chi connectivity index (χ0n) is 11.2. The maximum atomic E-state index is 6.02. The highest BCUT2D eigenvalue weighted by atomic mass is 35.5. The van der Waals surface area contributed by atoms with Gasteiger partial charge in [0.25, 0.3) is 0 Å². The van der Waals surface area contributed by atoms with Gasteiger partial charge in [0.15, 0.2) is 0 Å². The minimum atomic E-state index is 0.148. The normalized spacial score (nSPS) is 18.3. The largest absolute Gasteiger partial charge is 0.488 e. The molecular formula is C14H15ClN4O. The summed E-state index contributed by atoms with van der Waals surface area (Å²) < 4.78 is 6.02. The molecular weight excluding hydrogens is 276 g/mol. The topological polar surface area (TPSA) is 51.1 Å². The van der Waals surface area contributed by atoms with Crippen LogP contribution >= 0.6 is 11.6 Å². The Labute approximate surface area is 122 Å². The standard InChI is InChI=1S/C14H15ClN4O/c1-10-6-16-4-2-13(10)20-12-3-5-19(9-12)14-17-7-11(15)8-18-14/h2,4,6-8,12H,3,5,9H2,1H3. The van der Waals surface area contributed by atoms with Crippen molar-refractivity contribution >= 4 is 17.5 Å². The van der Waals surface area contributed by atoms with Crippen LogP contribution in [0.15, 0.2) is 30.9 Å². The smallest absolute Gasteiger partial charge is 0.225 e. The third kappa shape index (κ3) is 2.82. The van der Waals surface area contributed by atoms with Crippen molar-refractivity contribution in [1.82, 2.24) is 15.0 Å². The van der Waals surface area contributed by atoms with Gasteiger partial charge in [-0.3, -0.25) is 4.98 Å². The molecule has 0 amide bonds. The molecule has 0 N–H and O–H groups in total. The molecule has 1 aliphatic heterocycles. The van der Waals surface area contributed by atoms with Crippen molar-refractivity contribution in [3.05, 3.63) is 41.4 Å². The molecule has 0 radical (unpaired) electrons. The molecule has 0 bridgehead atoms. The van der Waals surface area contributed by atoms with Crippen molar-refractivity contribution in [2.75, 3.05) is 18.0 Å². The molecule has 104 valence electrons. The van der Waals surface area contributed by atoms with Crippen molar-refractivity contribution in [1.29, 1.82) is 0 Å². The van der Waals surface area contributed by atoms with Gasteiger partial charge >= 0.3 is 0 Å². The van der Waals surface area contributed by atoms with E-state index in [1.165, 1.54) is 0 Å². The zero-order valence-corrected chi connectivity index (χ0v) is 11.9. The minimum absolute atomic E-state index is 0.148. The lowest BCUT2D eigenvalue weighted by atomic mass is 10.2. The lowest BCUT2D eigenvalue weighted by Gasteiger charge is -2.17. The van der Waals surface area contributed by atoms with Gasteiger partial charge in [-0.2, -0.15) is 0 Å². The number of rotatable bonds is 3. The molecule has 1 saturated heterocycles. The number of anilines is 1. The van der Waals surface area contributed by atoms with Crippen molar-refractivity contribution in [2.45, 2.75) is 19.4 Å². The molecule has 1 aliphatic rings. The summed E-state index contributed by atoms with van der Waals surface area (Å²) in [5.41, 5.74) is 1.05. The summed E-state index contributed by atoms with van der Waals surface area (Å²) in [6, 6.07) is 1.90. The molecule has 0 aliphatic carbocycles. The van der Waals surface area contributed by atoms with Gasteiger partial charge in [-0.05, 0) is 13.0 Å². The van der Waals surface area contributed by atoms with E-state index in [4.69, 9.17) is 16.3 Å². The fraction of sp³-hybridized carbons (Fsp3) is 0.357. The van der Waals surface area contributed by atoms with Crippen LogP contribution in [0.25, 0.3) is 0 Å². The Hall–Kier alpha value is -1.88. The Morgan fingerprint density at radius 3 is 2.85 bits per heavy atom. The average molecular weight is 291 g/mol. The Bertz CT molecular complexity index is 590. The monoisotopic (exact) mass is 290 g/mol. The van der Waals surface area contributed by atoms with Crippen LogP contribution < -0.4 is 9.64 Å². The van der Waals surface area contributed by atoms with Gasteiger partial charge in [-0.25, -0.2) is 9.97 Å². The summed E-state index contributed by atoms with van der Waals surface area (Å²) in [5, 5.41) is 0.549. The number of hydrogen-bond acceptors (Lipinski definition) is 5. The van der Waals surface area contributed by atoms with Gasteiger partial charge in [0.1, 0.15) is 11.9 Å². The molecule has 3 rings (SSSR count). The first-order valence-corrected chi connectivity index (χ1v) is 6.90. The van der Waals surface area contributed by atoms with Crippen LogP contribution in [0, 0.1) is 6.92 Å². The fourth-order valence-corrected chi connectivity index (χ4v) is 2.34. The molecule has 0 saturated carbocycles. The van der Waals surface area contributed by atoms with Gasteiger partial charge < -0.3 is 9.64 Å². The summed E-state index contributed by atoms with van der Waals surface area (Å²) >= 11 is 5.80. The first kappa shape index (κ1) is 13.1. The van der Waals surface area contributed by atoms with E-state index >= 15 is 0 Å². The summed E-state index contributed by atoms with van der Waals surface area (Å²) in [6.45, 7) is 3.66. The highest BCUT2D eigenvalue weighted by molar-refractivity contribution is 6.30. The number of halogens is 1. The van der Waals surface area contributed by atoms with Gasteiger partial charge in [0.2, 0.25) is 5.95 Å². The van der Waals surface area contributed by atoms with Crippen molar-refractivity contribution in [3.8, 4) is 5.75 Å². The van der Waals surface area contributed by atoms with Gasteiger partial charge in [-0.1, -0.05) is 11.6 Å². The highest BCUT2D eigenvalue weighted by Crippen LogP contribution is 2.23. The highest BCUT2D eigenvalue weighted by Gasteiger charge is 2.26. The number of pyridine rings is 1. The molecule has 6 heteroatoms. The van der Waals surface area contributed by atoms with E-state index < -0.39 is 0 Å². The fourth-order valence-electron chi connectivity index (χ4n) is 2.25. The molecule has 5 nitrogen and oxygen atoms in total. The quantitative estimate of drug-likeness (QED) is 0.869. The predicted molar refractivity (Wildman–Crippen MR) is 77.3 cm³/mol. The van der Waals surface area contributed by atoms with E-state index in [1.807, 2.05) is 19.2 Å². The molecule has 3 heterocycles. The lowest BCUT2D eigenvalue weighted by Crippen LogP contribution is -2.26. The number of aromatic nitrogens is 3. The number of hydrogen-bond donors (Lipinski definition) is 0. The predicted octanol–water partition coefficient (Wildman–Crippen LogP) is 2.49. The van der Waals surface area contributed by atoms with Crippen LogP contribution in [0.1, 0.15) is 12.0 Å². The van der Waals surface area contributed by atoms with E-state index in [2.05, 4.69) is 19.9 Å². The third-order valence-corrected chi connectivity index (χ3v) is 3.49. The lowest BCUT2D eigenvalue weighted by molar-refractivity contribution is 0.223. The molecule has 2 aromatic rings. The van der Waals surface area contributed by atoms with Crippen LogP contribution in [0.2, 0.25) is 5.02 Å². The van der Waals surface area contributed by atoms with E-state index in [0.717, 1.165) is 30.8 Å². The number of aryl methyl sites for hydroxylation is 1.